The van der Waals surface area contributed by atoms with Crippen molar-refractivity contribution < 1.29 is 28.6 Å². The van der Waals surface area contributed by atoms with Gasteiger partial charge in [0.25, 0.3) is 0 Å². The SMILES string of the molecule is CC(C)OC(=O)[C@H](CCC(=O)C=[N+]=[N-])NC(=O)C1OCC2CCCC21. The molecule has 8 nitrogen and oxygen atoms in total. The van der Waals surface area contributed by atoms with Crippen LogP contribution in [-0.4, -0.2) is 53.5 Å². The van der Waals surface area contributed by atoms with E-state index in [0.717, 1.165) is 25.5 Å². The monoisotopic (exact) mass is 351 g/mol. The van der Waals surface area contributed by atoms with Gasteiger partial charge in [-0.15, -0.1) is 0 Å². The molecule has 1 aliphatic carbocycles. The van der Waals surface area contributed by atoms with Crippen LogP contribution in [0.1, 0.15) is 46.0 Å². The van der Waals surface area contributed by atoms with Crippen LogP contribution in [0, 0.1) is 11.8 Å². The first-order chi connectivity index (χ1) is 11.9. The van der Waals surface area contributed by atoms with E-state index in [1.807, 2.05) is 0 Å². The Balaban J connectivity index is 1.98. The number of nitrogens with zero attached hydrogens (tertiary/aromatic N) is 2. The molecular formula is C17H25N3O5. The van der Waals surface area contributed by atoms with E-state index in [9.17, 15) is 14.4 Å². The molecule has 2 rings (SSSR count). The summed E-state index contributed by atoms with van der Waals surface area (Å²) >= 11 is 0. The summed E-state index contributed by atoms with van der Waals surface area (Å²) in [7, 11) is 0. The van der Waals surface area contributed by atoms with Gasteiger partial charge in [-0.1, -0.05) is 6.42 Å². The number of hydrogen-bond acceptors (Lipinski definition) is 5. The highest BCUT2D eigenvalue weighted by Crippen LogP contribution is 2.40. The van der Waals surface area contributed by atoms with Gasteiger partial charge in [-0.05, 0) is 44.9 Å². The third kappa shape index (κ3) is 5.21. The number of esters is 1. The Morgan fingerprint density at radius 2 is 2.12 bits per heavy atom. The summed E-state index contributed by atoms with van der Waals surface area (Å²) < 4.78 is 10.8. The van der Waals surface area contributed by atoms with Crippen molar-refractivity contribution in [3.05, 3.63) is 5.53 Å². The van der Waals surface area contributed by atoms with Gasteiger partial charge in [0.15, 0.2) is 0 Å². The van der Waals surface area contributed by atoms with E-state index in [-0.39, 0.29) is 30.8 Å². The van der Waals surface area contributed by atoms with Gasteiger partial charge in [-0.3, -0.25) is 9.59 Å². The number of rotatable bonds is 8. The summed E-state index contributed by atoms with van der Waals surface area (Å²) in [5.41, 5.74) is 8.38. The van der Waals surface area contributed by atoms with Gasteiger partial charge in [-0.25, -0.2) is 4.79 Å². The molecule has 3 unspecified atom stereocenters. The predicted octanol–water partition coefficient (Wildman–Crippen LogP) is 0.888. The molecule has 2 aliphatic rings. The number of hydrogen-bond donors (Lipinski definition) is 1. The molecule has 4 atom stereocenters. The van der Waals surface area contributed by atoms with Crippen molar-refractivity contribution in [1.29, 1.82) is 0 Å². The van der Waals surface area contributed by atoms with Crippen LogP contribution in [0.15, 0.2) is 0 Å². The van der Waals surface area contributed by atoms with Crippen LogP contribution >= 0.6 is 0 Å². The average Bonchev–Trinajstić information content (AvgIpc) is 3.13. The molecule has 1 saturated heterocycles. The van der Waals surface area contributed by atoms with E-state index in [1.165, 1.54) is 0 Å². The van der Waals surface area contributed by atoms with Crippen molar-refractivity contribution in [3.8, 4) is 0 Å². The normalized spacial score (nSPS) is 25.8. The molecule has 0 radical (unpaired) electrons. The van der Waals surface area contributed by atoms with E-state index in [0.29, 0.717) is 12.5 Å². The van der Waals surface area contributed by atoms with E-state index in [1.54, 1.807) is 13.8 Å². The number of ketones is 1. The molecule has 8 heteroatoms. The van der Waals surface area contributed by atoms with Crippen LogP contribution in [0.5, 0.6) is 0 Å². The maximum Gasteiger partial charge on any atom is 0.328 e. The lowest BCUT2D eigenvalue weighted by Gasteiger charge is -2.22. The molecule has 1 amide bonds. The predicted molar refractivity (Wildman–Crippen MR) is 87.7 cm³/mol. The maximum absolute atomic E-state index is 12.6. The molecule has 1 saturated carbocycles. The van der Waals surface area contributed by atoms with E-state index in [4.69, 9.17) is 15.0 Å². The molecule has 0 spiro atoms. The van der Waals surface area contributed by atoms with Gasteiger partial charge < -0.3 is 20.3 Å². The highest BCUT2D eigenvalue weighted by atomic mass is 16.5. The summed E-state index contributed by atoms with van der Waals surface area (Å²) in [6, 6.07) is -0.935. The molecule has 0 aromatic rings. The number of nitrogens with one attached hydrogen (secondary N) is 1. The summed E-state index contributed by atoms with van der Waals surface area (Å²) in [6.07, 6.45) is 3.05. The lowest BCUT2D eigenvalue weighted by atomic mass is 9.93. The fourth-order valence-corrected chi connectivity index (χ4v) is 3.52. The van der Waals surface area contributed by atoms with Crippen LogP contribution in [-0.2, 0) is 23.9 Å². The van der Waals surface area contributed by atoms with Crippen LogP contribution in [0.3, 0.4) is 0 Å². The maximum atomic E-state index is 12.6. The second kappa shape index (κ2) is 8.87. The zero-order valence-electron chi connectivity index (χ0n) is 14.6. The van der Waals surface area contributed by atoms with Crippen molar-refractivity contribution in [2.45, 2.75) is 64.2 Å². The summed E-state index contributed by atoms with van der Waals surface area (Å²) in [4.78, 5) is 38.9. The molecule has 1 N–H and O–H groups in total. The minimum absolute atomic E-state index is 0.0419. The highest BCUT2D eigenvalue weighted by molar-refractivity contribution is 6.25. The number of carbonyl (C=O) groups excluding carboxylic acids is 3. The minimum atomic E-state index is -0.935. The van der Waals surface area contributed by atoms with E-state index >= 15 is 0 Å². The Hall–Kier alpha value is -2.05. The molecular weight excluding hydrogens is 326 g/mol. The molecule has 25 heavy (non-hydrogen) atoms. The van der Waals surface area contributed by atoms with Gasteiger partial charge in [0.2, 0.25) is 11.7 Å². The molecule has 0 aromatic carbocycles. The lowest BCUT2D eigenvalue weighted by molar-refractivity contribution is -0.153. The number of Topliss-reactive ketones (excluding diaryl/α,β-unsaturated/α-hetero) is 1. The first-order valence-corrected chi connectivity index (χ1v) is 8.75. The van der Waals surface area contributed by atoms with Crippen LogP contribution < -0.4 is 5.32 Å². The first-order valence-electron chi connectivity index (χ1n) is 8.75. The largest absolute Gasteiger partial charge is 0.461 e. The topological polar surface area (TPSA) is 118 Å². The third-order valence-corrected chi connectivity index (χ3v) is 4.69. The average molecular weight is 351 g/mol. The molecule has 1 heterocycles. The molecule has 1 aliphatic heterocycles. The second-order valence-electron chi connectivity index (χ2n) is 6.91. The Morgan fingerprint density at radius 1 is 1.36 bits per heavy atom. The van der Waals surface area contributed by atoms with E-state index in [2.05, 4.69) is 10.1 Å². The number of ether oxygens (including phenoxy) is 2. The van der Waals surface area contributed by atoms with Crippen molar-refractivity contribution in [2.75, 3.05) is 6.61 Å². The summed E-state index contributed by atoms with van der Waals surface area (Å²) in [6.45, 7) is 4.00. The number of amides is 1. The number of carbonyl (C=O) groups is 3. The molecule has 138 valence electrons. The quantitative estimate of drug-likeness (QED) is 0.301. The Labute approximate surface area is 146 Å². The summed E-state index contributed by atoms with van der Waals surface area (Å²) in [5.74, 6) is -0.738. The second-order valence-corrected chi connectivity index (χ2v) is 6.91. The van der Waals surface area contributed by atoms with Gasteiger partial charge in [0.1, 0.15) is 12.1 Å². The third-order valence-electron chi connectivity index (χ3n) is 4.69. The van der Waals surface area contributed by atoms with Crippen molar-refractivity contribution >= 4 is 23.9 Å². The first kappa shape index (κ1) is 19.3. The fraction of sp³-hybridized carbons (Fsp3) is 0.765. The fourth-order valence-electron chi connectivity index (χ4n) is 3.52. The number of fused-ring (bicyclic) bond motifs is 1. The highest BCUT2D eigenvalue weighted by Gasteiger charge is 2.44. The molecule has 2 fully saturated rings. The van der Waals surface area contributed by atoms with Crippen molar-refractivity contribution in [2.24, 2.45) is 11.8 Å². The molecule has 0 aromatic heterocycles. The zero-order valence-corrected chi connectivity index (χ0v) is 14.6. The zero-order chi connectivity index (χ0) is 18.4. The van der Waals surface area contributed by atoms with Crippen LogP contribution in [0.4, 0.5) is 0 Å². The minimum Gasteiger partial charge on any atom is -0.461 e. The Kier molecular flexibility index (Phi) is 6.84. The van der Waals surface area contributed by atoms with Gasteiger partial charge in [0.05, 0.1) is 12.7 Å². The van der Waals surface area contributed by atoms with Gasteiger partial charge in [-0.2, -0.15) is 4.79 Å². The smallest absolute Gasteiger partial charge is 0.328 e. The van der Waals surface area contributed by atoms with Crippen LogP contribution in [0.25, 0.3) is 5.53 Å². The van der Waals surface area contributed by atoms with E-state index < -0.39 is 23.9 Å². The summed E-state index contributed by atoms with van der Waals surface area (Å²) in [5, 5.41) is 2.68. The molecule has 0 bridgehead atoms. The van der Waals surface area contributed by atoms with Gasteiger partial charge >= 0.3 is 12.2 Å². The Morgan fingerprint density at radius 3 is 2.80 bits per heavy atom. The standard InChI is InChI=1S/C17H25N3O5/c1-10(2)25-17(23)14(7-6-12(21)8-19-18)20-16(22)15-13-5-3-4-11(13)9-24-15/h8,10-11,13-15H,3-7,9H2,1-2H3,(H,20,22)/t11?,13?,14-,15?/m0/s1. The Bertz CT molecular complexity index is 571. The van der Waals surface area contributed by atoms with Crippen LogP contribution in [0.2, 0.25) is 0 Å². The lowest BCUT2D eigenvalue weighted by Crippen LogP contribution is -2.48. The van der Waals surface area contributed by atoms with Crippen molar-refractivity contribution in [1.82, 2.24) is 5.32 Å². The van der Waals surface area contributed by atoms with Crippen molar-refractivity contribution in [3.63, 3.8) is 0 Å². The van der Waals surface area contributed by atoms with Gasteiger partial charge in [0, 0.05) is 6.42 Å².